The standard InChI is InChI=1S/C45H29N5/c1-2-11-32(12-3-1)45-49-42(31-24-22-30(23-25-31)35-15-10-26-46-29-35)28-43(50-45)34-14-8-13-33(27-34)39-20-9-21-41(47-39)44-38-18-5-4-16-36(38)37-17-6-7-19-40(37)48-44/h1-29H. The zero-order valence-corrected chi connectivity index (χ0v) is 27.0. The van der Waals surface area contributed by atoms with Gasteiger partial charge in [0.1, 0.15) is 0 Å². The number of hydrogen-bond acceptors (Lipinski definition) is 5. The van der Waals surface area contributed by atoms with Gasteiger partial charge in [0.15, 0.2) is 5.82 Å². The summed E-state index contributed by atoms with van der Waals surface area (Å²) < 4.78 is 0. The van der Waals surface area contributed by atoms with E-state index in [-0.39, 0.29) is 0 Å². The van der Waals surface area contributed by atoms with Crippen molar-refractivity contribution < 1.29 is 0 Å². The Morgan fingerprint density at radius 2 is 0.940 bits per heavy atom. The van der Waals surface area contributed by atoms with E-state index < -0.39 is 0 Å². The summed E-state index contributed by atoms with van der Waals surface area (Å²) in [5.41, 5.74) is 11.4. The summed E-state index contributed by atoms with van der Waals surface area (Å²) in [5.74, 6) is 0.675. The number of pyridine rings is 3. The fourth-order valence-electron chi connectivity index (χ4n) is 6.49. The second kappa shape index (κ2) is 12.6. The van der Waals surface area contributed by atoms with Crippen molar-refractivity contribution in [3.05, 3.63) is 176 Å². The van der Waals surface area contributed by atoms with Crippen LogP contribution in [-0.4, -0.2) is 24.9 Å². The molecule has 234 valence electrons. The number of nitrogens with zero attached hydrogens (tertiary/aromatic N) is 5. The van der Waals surface area contributed by atoms with Gasteiger partial charge in [-0.1, -0.05) is 127 Å². The molecule has 5 heteroatoms. The summed E-state index contributed by atoms with van der Waals surface area (Å²) in [6, 6.07) is 55.9. The van der Waals surface area contributed by atoms with Crippen molar-refractivity contribution in [1.82, 2.24) is 24.9 Å². The second-order valence-electron chi connectivity index (χ2n) is 12.2. The van der Waals surface area contributed by atoms with E-state index in [9.17, 15) is 0 Å². The maximum Gasteiger partial charge on any atom is 0.160 e. The molecule has 4 heterocycles. The minimum atomic E-state index is 0.675. The van der Waals surface area contributed by atoms with Gasteiger partial charge in [-0.2, -0.15) is 0 Å². The smallest absolute Gasteiger partial charge is 0.160 e. The predicted octanol–water partition coefficient (Wildman–Crippen LogP) is 11.0. The number of fused-ring (bicyclic) bond motifs is 3. The molecule has 5 nitrogen and oxygen atoms in total. The lowest BCUT2D eigenvalue weighted by Crippen LogP contribution is -1.96. The van der Waals surface area contributed by atoms with Crippen LogP contribution in [0.5, 0.6) is 0 Å². The summed E-state index contributed by atoms with van der Waals surface area (Å²) >= 11 is 0. The first kappa shape index (κ1) is 29.3. The lowest BCUT2D eigenvalue weighted by Gasteiger charge is -2.12. The van der Waals surface area contributed by atoms with Gasteiger partial charge in [-0.3, -0.25) is 4.98 Å². The first-order valence-corrected chi connectivity index (χ1v) is 16.6. The van der Waals surface area contributed by atoms with Crippen molar-refractivity contribution in [2.75, 3.05) is 0 Å². The molecule has 0 aliphatic rings. The van der Waals surface area contributed by atoms with Crippen molar-refractivity contribution in [2.24, 2.45) is 0 Å². The Balaban J connectivity index is 1.13. The normalized spacial score (nSPS) is 11.2. The SMILES string of the molecule is c1ccc(-c2nc(-c3ccc(-c4cccnc4)cc3)cc(-c3cccc(-c4cccc(-c5nc6ccccc6c6ccccc56)n4)c3)n2)cc1. The molecule has 0 atom stereocenters. The highest BCUT2D eigenvalue weighted by atomic mass is 14.9. The van der Waals surface area contributed by atoms with E-state index in [2.05, 4.69) is 120 Å². The maximum atomic E-state index is 5.17. The third kappa shape index (κ3) is 5.57. The third-order valence-electron chi connectivity index (χ3n) is 8.99. The molecule has 0 unspecified atom stereocenters. The van der Waals surface area contributed by atoms with Gasteiger partial charge in [0, 0.05) is 45.4 Å². The van der Waals surface area contributed by atoms with Crippen molar-refractivity contribution in [2.45, 2.75) is 0 Å². The van der Waals surface area contributed by atoms with Crippen molar-refractivity contribution in [1.29, 1.82) is 0 Å². The maximum absolute atomic E-state index is 5.17. The Kier molecular flexibility index (Phi) is 7.41. The number of benzene rings is 5. The van der Waals surface area contributed by atoms with Crippen LogP contribution in [0.3, 0.4) is 0 Å². The van der Waals surface area contributed by atoms with Crippen molar-refractivity contribution >= 4 is 21.7 Å². The molecule has 0 spiro atoms. The largest absolute Gasteiger partial charge is 0.264 e. The fourth-order valence-corrected chi connectivity index (χ4v) is 6.49. The number of hydrogen-bond donors (Lipinski definition) is 0. The van der Waals surface area contributed by atoms with Crippen LogP contribution < -0.4 is 0 Å². The highest BCUT2D eigenvalue weighted by Crippen LogP contribution is 2.34. The quantitative estimate of drug-likeness (QED) is 0.169. The third-order valence-corrected chi connectivity index (χ3v) is 8.99. The van der Waals surface area contributed by atoms with E-state index in [0.717, 1.165) is 78.1 Å². The van der Waals surface area contributed by atoms with Gasteiger partial charge in [0.05, 0.1) is 34.0 Å². The van der Waals surface area contributed by atoms with Crippen LogP contribution in [-0.2, 0) is 0 Å². The summed E-state index contributed by atoms with van der Waals surface area (Å²) in [6.45, 7) is 0. The molecule has 0 saturated heterocycles. The second-order valence-corrected chi connectivity index (χ2v) is 12.2. The van der Waals surface area contributed by atoms with E-state index in [1.54, 1.807) is 6.20 Å². The summed E-state index contributed by atoms with van der Waals surface area (Å²) in [5, 5.41) is 3.39. The van der Waals surface area contributed by atoms with Gasteiger partial charge >= 0.3 is 0 Å². The Bertz CT molecular complexity index is 2640. The van der Waals surface area contributed by atoms with Crippen LogP contribution in [0.15, 0.2) is 176 Å². The number of aromatic nitrogens is 5. The molecule has 0 amide bonds. The van der Waals surface area contributed by atoms with Crippen LogP contribution in [0.25, 0.3) is 89.4 Å². The van der Waals surface area contributed by atoms with Gasteiger partial charge in [-0.05, 0) is 52.9 Å². The van der Waals surface area contributed by atoms with Gasteiger partial charge in [-0.15, -0.1) is 0 Å². The first-order chi connectivity index (χ1) is 24.8. The van der Waals surface area contributed by atoms with E-state index in [0.29, 0.717) is 5.82 Å². The van der Waals surface area contributed by atoms with E-state index in [1.807, 2.05) is 54.7 Å². The van der Waals surface area contributed by atoms with Gasteiger partial charge in [0.2, 0.25) is 0 Å². The average molecular weight is 640 g/mol. The van der Waals surface area contributed by atoms with Gasteiger partial charge in [-0.25, -0.2) is 19.9 Å². The van der Waals surface area contributed by atoms with Crippen LogP contribution in [0.2, 0.25) is 0 Å². The highest BCUT2D eigenvalue weighted by molar-refractivity contribution is 6.10. The van der Waals surface area contributed by atoms with Crippen LogP contribution in [0, 0.1) is 0 Å². The molecular formula is C45H29N5. The molecule has 50 heavy (non-hydrogen) atoms. The molecule has 0 radical (unpaired) electrons. The van der Waals surface area contributed by atoms with E-state index in [1.165, 1.54) is 5.39 Å². The topological polar surface area (TPSA) is 64.5 Å². The van der Waals surface area contributed by atoms with Gasteiger partial charge < -0.3 is 0 Å². The molecule has 0 fully saturated rings. The molecule has 4 aromatic heterocycles. The van der Waals surface area contributed by atoms with Gasteiger partial charge in [0.25, 0.3) is 0 Å². The lowest BCUT2D eigenvalue weighted by atomic mass is 10.0. The van der Waals surface area contributed by atoms with Crippen LogP contribution in [0.1, 0.15) is 0 Å². The first-order valence-electron chi connectivity index (χ1n) is 16.6. The Hall–Kier alpha value is -6.85. The average Bonchev–Trinajstić information content (AvgIpc) is 3.21. The van der Waals surface area contributed by atoms with Crippen LogP contribution in [0.4, 0.5) is 0 Å². The van der Waals surface area contributed by atoms with Crippen molar-refractivity contribution in [3.63, 3.8) is 0 Å². The molecule has 5 aromatic carbocycles. The molecule has 0 saturated carbocycles. The summed E-state index contributed by atoms with van der Waals surface area (Å²) in [7, 11) is 0. The zero-order chi connectivity index (χ0) is 33.3. The fraction of sp³-hybridized carbons (Fsp3) is 0. The number of para-hydroxylation sites is 1. The molecule has 9 aromatic rings. The van der Waals surface area contributed by atoms with Crippen LogP contribution >= 0.6 is 0 Å². The molecule has 9 rings (SSSR count). The Labute approximate surface area is 289 Å². The van der Waals surface area contributed by atoms with E-state index in [4.69, 9.17) is 19.9 Å². The zero-order valence-electron chi connectivity index (χ0n) is 27.0. The number of rotatable bonds is 6. The molecule has 0 aliphatic carbocycles. The molecule has 0 N–H and O–H groups in total. The Morgan fingerprint density at radius 1 is 0.320 bits per heavy atom. The summed E-state index contributed by atoms with van der Waals surface area (Å²) in [6.07, 6.45) is 3.67. The monoisotopic (exact) mass is 639 g/mol. The lowest BCUT2D eigenvalue weighted by molar-refractivity contribution is 1.18. The minimum absolute atomic E-state index is 0.675. The predicted molar refractivity (Wildman–Crippen MR) is 203 cm³/mol. The minimum Gasteiger partial charge on any atom is -0.264 e. The molecule has 0 bridgehead atoms. The van der Waals surface area contributed by atoms with Crippen molar-refractivity contribution in [3.8, 4) is 67.7 Å². The molecule has 0 aliphatic heterocycles. The van der Waals surface area contributed by atoms with E-state index >= 15 is 0 Å². The summed E-state index contributed by atoms with van der Waals surface area (Å²) in [4.78, 5) is 24.6. The highest BCUT2D eigenvalue weighted by Gasteiger charge is 2.14. The Morgan fingerprint density at radius 3 is 1.74 bits per heavy atom. The molecular weight excluding hydrogens is 611 g/mol.